The molecule has 0 saturated heterocycles. The van der Waals surface area contributed by atoms with E-state index in [2.05, 4.69) is 0 Å². The monoisotopic (exact) mass is 264 g/mol. The van der Waals surface area contributed by atoms with Crippen molar-refractivity contribution >= 4 is 5.97 Å². The van der Waals surface area contributed by atoms with Crippen LogP contribution in [-0.2, 0) is 14.3 Å². The molecule has 18 heavy (non-hydrogen) atoms. The van der Waals surface area contributed by atoms with E-state index in [9.17, 15) is 15.0 Å². The number of rotatable bonds is 8. The third-order valence-corrected chi connectivity index (χ3v) is 2.22. The van der Waals surface area contributed by atoms with Crippen LogP contribution in [0.2, 0.25) is 0 Å². The zero-order valence-electron chi connectivity index (χ0n) is 11.4. The van der Waals surface area contributed by atoms with Crippen molar-refractivity contribution in [3.63, 3.8) is 0 Å². The van der Waals surface area contributed by atoms with Gasteiger partial charge in [-0.2, -0.15) is 0 Å². The van der Waals surface area contributed by atoms with E-state index in [0.717, 1.165) is 0 Å². The third-order valence-electron chi connectivity index (χ3n) is 2.22. The van der Waals surface area contributed by atoms with Gasteiger partial charge in [0.2, 0.25) is 0 Å². The highest BCUT2D eigenvalue weighted by Gasteiger charge is 2.37. The zero-order valence-corrected chi connectivity index (χ0v) is 11.4. The van der Waals surface area contributed by atoms with Gasteiger partial charge in [0.15, 0.2) is 5.60 Å². The summed E-state index contributed by atoms with van der Waals surface area (Å²) >= 11 is 0. The van der Waals surface area contributed by atoms with Crippen LogP contribution in [0.15, 0.2) is 0 Å². The fraction of sp³-hybridized carbons (Fsp3) is 0.917. The first-order valence-electron chi connectivity index (χ1n) is 6.02. The molecule has 0 aromatic carbocycles. The second-order valence-electron chi connectivity index (χ2n) is 4.89. The van der Waals surface area contributed by atoms with E-state index in [1.807, 2.05) is 0 Å². The molecule has 0 rings (SSSR count). The van der Waals surface area contributed by atoms with Crippen molar-refractivity contribution in [3.05, 3.63) is 0 Å². The van der Waals surface area contributed by atoms with Crippen LogP contribution >= 0.6 is 0 Å². The number of aliphatic hydroxyl groups excluding tert-OH is 3. The van der Waals surface area contributed by atoms with Gasteiger partial charge in [-0.3, -0.25) is 0 Å². The second kappa shape index (κ2) is 7.68. The molecule has 4 unspecified atom stereocenters. The number of esters is 1. The Hall–Kier alpha value is -0.690. The lowest BCUT2D eigenvalue weighted by Crippen LogP contribution is -2.44. The normalized spacial score (nSPS) is 19.7. The Kier molecular flexibility index (Phi) is 7.39. The summed E-state index contributed by atoms with van der Waals surface area (Å²) in [6, 6.07) is 0. The average molecular weight is 264 g/mol. The molecule has 6 nitrogen and oxygen atoms in total. The second-order valence-corrected chi connectivity index (χ2v) is 4.89. The smallest absolute Gasteiger partial charge is 0.338 e. The van der Waals surface area contributed by atoms with Gasteiger partial charge in [-0.1, -0.05) is 0 Å². The number of hydrogen-bond acceptors (Lipinski definition) is 6. The summed E-state index contributed by atoms with van der Waals surface area (Å²) in [4.78, 5) is 11.9. The van der Waals surface area contributed by atoms with Gasteiger partial charge in [-0.15, -0.1) is 0 Å². The highest BCUT2D eigenvalue weighted by molar-refractivity contribution is 5.79. The molecule has 0 bridgehead atoms. The van der Waals surface area contributed by atoms with Crippen LogP contribution in [0.3, 0.4) is 0 Å². The predicted molar refractivity (Wildman–Crippen MR) is 65.0 cm³/mol. The molecule has 0 aliphatic carbocycles. The van der Waals surface area contributed by atoms with Gasteiger partial charge in [0.05, 0.1) is 24.9 Å². The van der Waals surface area contributed by atoms with Crippen LogP contribution in [0, 0.1) is 0 Å². The Balaban J connectivity index is 4.57. The number of ether oxygens (including phenoxy) is 2. The fourth-order valence-electron chi connectivity index (χ4n) is 1.42. The standard InChI is InChI=1S/C12H24O6/c1-8(13)5-12(4,18-7-10(3)15)11(16)17-6-9(2)14/h8-10,13-15H,5-7H2,1-4H3. The van der Waals surface area contributed by atoms with Crippen LogP contribution in [-0.4, -0.2) is 58.4 Å². The number of hydrogen-bond donors (Lipinski definition) is 3. The van der Waals surface area contributed by atoms with E-state index in [1.54, 1.807) is 0 Å². The summed E-state index contributed by atoms with van der Waals surface area (Å²) in [5, 5.41) is 27.6. The Morgan fingerprint density at radius 2 is 1.56 bits per heavy atom. The quantitative estimate of drug-likeness (QED) is 0.527. The first-order valence-corrected chi connectivity index (χ1v) is 6.02. The molecule has 3 N–H and O–H groups in total. The van der Waals surface area contributed by atoms with Crippen molar-refractivity contribution in [1.82, 2.24) is 0 Å². The van der Waals surface area contributed by atoms with Gasteiger partial charge in [-0.05, 0) is 27.7 Å². The van der Waals surface area contributed by atoms with E-state index in [-0.39, 0.29) is 19.6 Å². The SMILES string of the molecule is CC(O)COC(=O)C(C)(CC(C)O)OCC(C)O. The van der Waals surface area contributed by atoms with Crippen LogP contribution < -0.4 is 0 Å². The Morgan fingerprint density at radius 3 is 1.94 bits per heavy atom. The molecule has 0 aromatic heterocycles. The van der Waals surface area contributed by atoms with E-state index >= 15 is 0 Å². The summed E-state index contributed by atoms with van der Waals surface area (Å²) in [6.07, 6.45) is -2.18. The van der Waals surface area contributed by atoms with Crippen LogP contribution in [0.5, 0.6) is 0 Å². The molecule has 6 heteroatoms. The molecule has 0 aliphatic heterocycles. The molecule has 4 atom stereocenters. The lowest BCUT2D eigenvalue weighted by atomic mass is 9.99. The zero-order chi connectivity index (χ0) is 14.3. The lowest BCUT2D eigenvalue weighted by molar-refractivity contribution is -0.179. The minimum Gasteiger partial charge on any atom is -0.461 e. The van der Waals surface area contributed by atoms with E-state index in [0.29, 0.717) is 0 Å². The van der Waals surface area contributed by atoms with Crippen molar-refractivity contribution in [2.75, 3.05) is 13.2 Å². The van der Waals surface area contributed by atoms with Gasteiger partial charge in [-0.25, -0.2) is 4.79 Å². The first kappa shape index (κ1) is 17.3. The molecule has 0 aromatic rings. The van der Waals surface area contributed by atoms with Crippen molar-refractivity contribution < 1.29 is 29.6 Å². The van der Waals surface area contributed by atoms with E-state index < -0.39 is 29.9 Å². The largest absolute Gasteiger partial charge is 0.461 e. The van der Waals surface area contributed by atoms with Crippen molar-refractivity contribution in [3.8, 4) is 0 Å². The summed E-state index contributed by atoms with van der Waals surface area (Å²) in [5.41, 5.74) is -1.33. The van der Waals surface area contributed by atoms with Crippen LogP contribution in [0.25, 0.3) is 0 Å². The number of aliphatic hydroxyl groups is 3. The molecule has 108 valence electrons. The molecule has 0 saturated carbocycles. The summed E-state index contributed by atoms with van der Waals surface area (Å²) < 4.78 is 10.2. The Morgan fingerprint density at radius 1 is 1.06 bits per heavy atom. The van der Waals surface area contributed by atoms with Gasteiger partial charge in [0.1, 0.15) is 6.61 Å². The fourth-order valence-corrected chi connectivity index (χ4v) is 1.42. The maximum atomic E-state index is 11.9. The molecule has 0 heterocycles. The number of carbonyl (C=O) groups excluding carboxylic acids is 1. The van der Waals surface area contributed by atoms with Gasteiger partial charge < -0.3 is 24.8 Å². The van der Waals surface area contributed by atoms with Crippen molar-refractivity contribution in [2.45, 2.75) is 58.0 Å². The average Bonchev–Trinajstić information content (AvgIpc) is 2.22. The maximum Gasteiger partial charge on any atom is 0.338 e. The minimum atomic E-state index is -1.33. The van der Waals surface area contributed by atoms with Crippen LogP contribution in [0.4, 0.5) is 0 Å². The minimum absolute atomic E-state index is 0.0347. The van der Waals surface area contributed by atoms with E-state index in [4.69, 9.17) is 14.6 Å². The third kappa shape index (κ3) is 6.90. The molecular weight excluding hydrogens is 240 g/mol. The molecule has 0 aliphatic rings. The van der Waals surface area contributed by atoms with E-state index in [1.165, 1.54) is 27.7 Å². The highest BCUT2D eigenvalue weighted by atomic mass is 16.6. The molecule has 0 fully saturated rings. The Bertz CT molecular complexity index is 251. The molecule has 0 spiro atoms. The van der Waals surface area contributed by atoms with Gasteiger partial charge in [0, 0.05) is 6.42 Å². The lowest BCUT2D eigenvalue weighted by Gasteiger charge is -2.29. The predicted octanol–water partition coefficient (Wildman–Crippen LogP) is -0.163. The van der Waals surface area contributed by atoms with Crippen LogP contribution in [0.1, 0.15) is 34.1 Å². The Labute approximate surface area is 108 Å². The molecular formula is C12H24O6. The highest BCUT2D eigenvalue weighted by Crippen LogP contribution is 2.20. The summed E-state index contributed by atoms with van der Waals surface area (Å²) in [6.45, 7) is 5.89. The first-order chi connectivity index (χ1) is 8.17. The molecule has 0 radical (unpaired) electrons. The summed E-state index contributed by atoms with van der Waals surface area (Å²) in [5.74, 6) is -0.662. The topological polar surface area (TPSA) is 96.2 Å². The summed E-state index contributed by atoms with van der Waals surface area (Å²) in [7, 11) is 0. The molecule has 0 amide bonds. The van der Waals surface area contributed by atoms with Gasteiger partial charge in [0.25, 0.3) is 0 Å². The van der Waals surface area contributed by atoms with Crippen molar-refractivity contribution in [1.29, 1.82) is 0 Å². The number of carbonyl (C=O) groups is 1. The van der Waals surface area contributed by atoms with Gasteiger partial charge >= 0.3 is 5.97 Å². The van der Waals surface area contributed by atoms with Crippen molar-refractivity contribution in [2.24, 2.45) is 0 Å². The maximum absolute atomic E-state index is 11.9.